The number of hydrogen-bond donors (Lipinski definition) is 2. The average molecular weight is 523 g/mol. The molecule has 4 aromatic carbocycles. The second-order valence-corrected chi connectivity index (χ2v) is 9.25. The van der Waals surface area contributed by atoms with Gasteiger partial charge in [0.1, 0.15) is 5.75 Å². The second-order valence-electron chi connectivity index (χ2n) is 8.31. The van der Waals surface area contributed by atoms with Gasteiger partial charge in [-0.1, -0.05) is 66.4 Å². The third-order valence-corrected chi connectivity index (χ3v) is 6.72. The highest BCUT2D eigenvalue weighted by atomic mass is 32.2. The summed E-state index contributed by atoms with van der Waals surface area (Å²) in [7, 11) is 1.62. The van der Waals surface area contributed by atoms with Gasteiger partial charge in [-0.05, 0) is 53.4 Å². The van der Waals surface area contributed by atoms with Crippen molar-refractivity contribution in [3.63, 3.8) is 0 Å². The number of fused-ring (bicyclic) bond motifs is 1. The molecule has 5 aromatic rings. The lowest BCUT2D eigenvalue weighted by molar-refractivity contribution is -0.118. The van der Waals surface area contributed by atoms with Crippen molar-refractivity contribution in [1.82, 2.24) is 20.2 Å². The van der Waals surface area contributed by atoms with Gasteiger partial charge < -0.3 is 10.1 Å². The number of methoxy groups -OCH3 is 1. The van der Waals surface area contributed by atoms with Crippen LogP contribution in [0.15, 0.2) is 107 Å². The first kappa shape index (κ1) is 25.0. The zero-order chi connectivity index (χ0) is 26.2. The molecule has 9 heteroatoms. The quantitative estimate of drug-likeness (QED) is 0.147. The fourth-order valence-electron chi connectivity index (χ4n) is 3.93. The smallest absolute Gasteiger partial charge is 0.250 e. The van der Waals surface area contributed by atoms with Gasteiger partial charge in [0.2, 0.25) is 0 Å². The number of rotatable bonds is 10. The minimum absolute atomic E-state index is 0.141. The number of nitrogens with one attached hydrogen (secondary N) is 2. The van der Waals surface area contributed by atoms with Crippen LogP contribution in [0.2, 0.25) is 0 Å². The Balaban J connectivity index is 1.27. The normalized spacial score (nSPS) is 11.1. The summed E-state index contributed by atoms with van der Waals surface area (Å²) in [4.78, 5) is 12.5. The number of ether oxygens (including phenoxy) is 1. The molecular formula is C29H26N6O2S. The Morgan fingerprint density at radius 2 is 1.71 bits per heavy atom. The number of para-hydroxylation sites is 1. The summed E-state index contributed by atoms with van der Waals surface area (Å²) in [5.41, 5.74) is 5.37. The van der Waals surface area contributed by atoms with Crippen molar-refractivity contribution in [2.24, 2.45) is 5.10 Å². The van der Waals surface area contributed by atoms with Crippen LogP contribution in [0.25, 0.3) is 16.5 Å². The number of thioether (sulfide) groups is 1. The molecule has 0 unspecified atom stereocenters. The van der Waals surface area contributed by atoms with Crippen LogP contribution in [0.5, 0.6) is 5.75 Å². The van der Waals surface area contributed by atoms with Crippen LogP contribution in [0.4, 0.5) is 5.69 Å². The van der Waals surface area contributed by atoms with Crippen LogP contribution < -0.4 is 15.5 Å². The summed E-state index contributed by atoms with van der Waals surface area (Å²) in [5, 5.41) is 19.3. The first-order valence-electron chi connectivity index (χ1n) is 12.0. The summed E-state index contributed by atoms with van der Waals surface area (Å²) in [6, 6.07) is 31.7. The highest BCUT2D eigenvalue weighted by Crippen LogP contribution is 2.25. The van der Waals surface area contributed by atoms with Gasteiger partial charge in [-0.25, -0.2) is 5.43 Å². The Kier molecular flexibility index (Phi) is 7.95. The van der Waals surface area contributed by atoms with Gasteiger partial charge in [0.15, 0.2) is 11.0 Å². The summed E-state index contributed by atoms with van der Waals surface area (Å²) in [6.07, 6.45) is 1.59. The fraction of sp³-hybridized carbons (Fsp3) is 0.103. The Morgan fingerprint density at radius 3 is 2.53 bits per heavy atom. The molecule has 1 amide bonds. The lowest BCUT2D eigenvalue weighted by Crippen LogP contribution is -2.20. The van der Waals surface area contributed by atoms with Gasteiger partial charge in [-0.3, -0.25) is 9.36 Å². The van der Waals surface area contributed by atoms with Crippen molar-refractivity contribution in [2.75, 3.05) is 18.2 Å². The third-order valence-electron chi connectivity index (χ3n) is 5.79. The number of benzene rings is 4. The van der Waals surface area contributed by atoms with E-state index in [0.717, 1.165) is 33.9 Å². The highest BCUT2D eigenvalue weighted by Gasteiger charge is 2.16. The van der Waals surface area contributed by atoms with Crippen LogP contribution in [0.1, 0.15) is 11.4 Å². The molecule has 1 heterocycles. The minimum Gasteiger partial charge on any atom is -0.497 e. The Morgan fingerprint density at radius 1 is 0.947 bits per heavy atom. The maximum absolute atomic E-state index is 12.5. The van der Waals surface area contributed by atoms with E-state index in [-0.39, 0.29) is 11.7 Å². The predicted molar refractivity (Wildman–Crippen MR) is 152 cm³/mol. The van der Waals surface area contributed by atoms with Crippen molar-refractivity contribution in [3.8, 4) is 11.4 Å². The molecule has 0 fully saturated rings. The summed E-state index contributed by atoms with van der Waals surface area (Å²) < 4.78 is 7.12. The summed E-state index contributed by atoms with van der Waals surface area (Å²) >= 11 is 1.31. The zero-order valence-electron chi connectivity index (χ0n) is 20.7. The van der Waals surface area contributed by atoms with E-state index >= 15 is 0 Å². The van der Waals surface area contributed by atoms with Crippen LogP contribution in [0, 0.1) is 0 Å². The van der Waals surface area contributed by atoms with Gasteiger partial charge in [-0.15, -0.1) is 10.2 Å². The van der Waals surface area contributed by atoms with Gasteiger partial charge in [0.05, 0.1) is 25.6 Å². The molecule has 2 N–H and O–H groups in total. The van der Waals surface area contributed by atoms with Crippen LogP contribution in [-0.2, 0) is 11.3 Å². The van der Waals surface area contributed by atoms with Crippen LogP contribution in [0.3, 0.4) is 0 Å². The summed E-state index contributed by atoms with van der Waals surface area (Å²) in [6.45, 7) is 0.467. The van der Waals surface area contributed by atoms with E-state index in [9.17, 15) is 4.79 Å². The number of nitrogens with zero attached hydrogens (tertiary/aromatic N) is 4. The molecule has 0 spiro atoms. The maximum Gasteiger partial charge on any atom is 0.250 e. The van der Waals surface area contributed by atoms with E-state index in [1.54, 1.807) is 13.3 Å². The Hall–Kier alpha value is -4.63. The Bertz CT molecular complexity index is 1550. The predicted octanol–water partition coefficient (Wildman–Crippen LogP) is 5.28. The van der Waals surface area contributed by atoms with E-state index in [4.69, 9.17) is 4.74 Å². The molecule has 5 rings (SSSR count). The number of aromatic nitrogens is 3. The van der Waals surface area contributed by atoms with Crippen molar-refractivity contribution in [2.45, 2.75) is 11.7 Å². The first-order valence-corrected chi connectivity index (χ1v) is 13.0. The molecule has 0 aliphatic carbocycles. The maximum atomic E-state index is 12.5. The van der Waals surface area contributed by atoms with E-state index in [1.807, 2.05) is 77.4 Å². The van der Waals surface area contributed by atoms with E-state index in [0.29, 0.717) is 11.7 Å². The standard InChI is InChI=1S/C29H26N6O2S/c1-37-24-16-14-21(15-17-24)18-31-33-28(36)20-38-29-34-32-27(35(29)23-10-3-2-4-11-23)19-30-26-13-7-9-22-8-5-6-12-25(22)26/h2-18,30H,19-20H2,1H3,(H,33,36)/b31-18+. The lowest BCUT2D eigenvalue weighted by atomic mass is 10.1. The van der Waals surface area contributed by atoms with Crippen molar-refractivity contribution >= 4 is 40.3 Å². The molecule has 0 atom stereocenters. The van der Waals surface area contributed by atoms with Crippen LogP contribution in [-0.4, -0.2) is 39.7 Å². The molecule has 0 aliphatic heterocycles. The van der Waals surface area contributed by atoms with Crippen molar-refractivity contribution in [3.05, 3.63) is 108 Å². The number of carbonyl (C=O) groups is 1. The number of amides is 1. The zero-order valence-corrected chi connectivity index (χ0v) is 21.6. The summed E-state index contributed by atoms with van der Waals surface area (Å²) in [5.74, 6) is 1.40. The van der Waals surface area contributed by atoms with Crippen molar-refractivity contribution < 1.29 is 9.53 Å². The van der Waals surface area contributed by atoms with Gasteiger partial charge >= 0.3 is 0 Å². The highest BCUT2D eigenvalue weighted by molar-refractivity contribution is 7.99. The molecule has 0 saturated heterocycles. The average Bonchev–Trinajstić information content (AvgIpc) is 3.38. The molecule has 0 radical (unpaired) electrons. The molecular weight excluding hydrogens is 496 g/mol. The van der Waals surface area contributed by atoms with Gasteiger partial charge in [-0.2, -0.15) is 5.10 Å². The fourth-order valence-corrected chi connectivity index (χ4v) is 4.69. The Labute approximate surface area is 224 Å². The number of hydrogen-bond acceptors (Lipinski definition) is 7. The first-order chi connectivity index (χ1) is 18.7. The largest absolute Gasteiger partial charge is 0.497 e. The van der Waals surface area contributed by atoms with Gasteiger partial charge in [0.25, 0.3) is 5.91 Å². The third kappa shape index (κ3) is 6.01. The molecule has 1 aromatic heterocycles. The van der Waals surface area contributed by atoms with Crippen LogP contribution >= 0.6 is 11.8 Å². The topological polar surface area (TPSA) is 93.4 Å². The molecule has 38 heavy (non-hydrogen) atoms. The van der Waals surface area contributed by atoms with Gasteiger partial charge in [0, 0.05) is 16.8 Å². The van der Waals surface area contributed by atoms with E-state index in [1.165, 1.54) is 17.1 Å². The molecule has 0 aliphatic rings. The minimum atomic E-state index is -0.238. The van der Waals surface area contributed by atoms with E-state index in [2.05, 4.69) is 50.3 Å². The number of carbonyl (C=O) groups excluding carboxylic acids is 1. The van der Waals surface area contributed by atoms with E-state index < -0.39 is 0 Å². The SMILES string of the molecule is COc1ccc(/C=N/NC(=O)CSc2nnc(CNc3cccc4ccccc34)n2-c2ccccc2)cc1. The second kappa shape index (κ2) is 12.1. The molecule has 0 saturated carbocycles. The molecule has 190 valence electrons. The van der Waals surface area contributed by atoms with Crippen molar-refractivity contribution in [1.29, 1.82) is 0 Å². The lowest BCUT2D eigenvalue weighted by Gasteiger charge is -2.12. The number of anilines is 1. The number of hydrazone groups is 1. The molecule has 0 bridgehead atoms. The monoisotopic (exact) mass is 522 g/mol. The molecule has 8 nitrogen and oxygen atoms in total.